The first kappa shape index (κ1) is 15.9. The minimum Gasteiger partial charge on any atom is -0.487 e. The van der Waals surface area contributed by atoms with E-state index in [1.54, 1.807) is 11.6 Å². The van der Waals surface area contributed by atoms with Crippen LogP contribution in [0.1, 0.15) is 5.56 Å². The Bertz CT molecular complexity index is 704. The van der Waals surface area contributed by atoms with Crippen molar-refractivity contribution >= 4 is 6.21 Å². The molecule has 7 heteroatoms. The summed E-state index contributed by atoms with van der Waals surface area (Å²) in [7, 11) is 2.03. The van der Waals surface area contributed by atoms with Gasteiger partial charge < -0.3 is 14.5 Å². The third kappa shape index (κ3) is 3.69. The van der Waals surface area contributed by atoms with Crippen LogP contribution >= 0.6 is 0 Å². The van der Waals surface area contributed by atoms with Gasteiger partial charge in [-0.1, -0.05) is 17.3 Å². The molecule has 1 aromatic rings. The standard InChI is InChI=1S/C17H19N6O/c1-22-15(11-23-9-3-2-4-17(22)23)12-24-16-7-5-14(6-8-16)10-20-21-13-19-18/h2-11,18,21H,12-13H2,1H3/p+1/b19-18?,20-10-. The lowest BCUT2D eigenvalue weighted by Crippen LogP contribution is -2.77. The van der Waals surface area contributed by atoms with E-state index in [-0.39, 0.29) is 0 Å². The molecule has 2 aliphatic rings. The molecule has 0 atom stereocenters. The largest absolute Gasteiger partial charge is 0.487 e. The van der Waals surface area contributed by atoms with Crippen LogP contribution in [0.3, 0.4) is 0 Å². The first-order valence-electron chi connectivity index (χ1n) is 7.63. The highest BCUT2D eigenvalue weighted by molar-refractivity contribution is 5.79. The molecule has 0 aromatic heterocycles. The highest BCUT2D eigenvalue weighted by atomic mass is 16.5. The molecule has 3 rings (SSSR count). The summed E-state index contributed by atoms with van der Waals surface area (Å²) in [6.07, 6.45) is 9.91. The van der Waals surface area contributed by atoms with Crippen LogP contribution in [0.2, 0.25) is 0 Å². The Morgan fingerprint density at radius 1 is 1.25 bits per heavy atom. The lowest BCUT2D eigenvalue weighted by Gasteiger charge is -2.23. The zero-order valence-electron chi connectivity index (χ0n) is 13.5. The van der Waals surface area contributed by atoms with E-state index in [1.807, 2.05) is 50.0 Å². The van der Waals surface area contributed by atoms with Crippen molar-refractivity contribution < 1.29 is 10.2 Å². The summed E-state index contributed by atoms with van der Waals surface area (Å²) in [6.45, 7) is 2.84. The van der Waals surface area contributed by atoms with Crippen LogP contribution in [0.4, 0.5) is 0 Å². The van der Waals surface area contributed by atoms with Crippen LogP contribution in [0, 0.1) is 12.1 Å². The highest BCUT2D eigenvalue weighted by Gasteiger charge is 2.24. The Kier molecular flexibility index (Phi) is 5.02. The lowest BCUT2D eigenvalue weighted by molar-refractivity contribution is -0.660. The summed E-state index contributed by atoms with van der Waals surface area (Å²) >= 11 is 0. The average molecular weight is 324 g/mol. The minimum atomic E-state index is 0.306. The van der Waals surface area contributed by atoms with Crippen molar-refractivity contribution in [2.24, 2.45) is 10.2 Å². The number of hydrogen-bond acceptors (Lipinski definition) is 6. The van der Waals surface area contributed by atoms with Crippen LogP contribution in [-0.2, 0) is 0 Å². The topological polar surface area (TPSA) is 80.9 Å². The fourth-order valence-corrected chi connectivity index (χ4v) is 2.40. The predicted molar refractivity (Wildman–Crippen MR) is 90.7 cm³/mol. The molecule has 0 bridgehead atoms. The average Bonchev–Trinajstić information content (AvgIpc) is 2.94. The van der Waals surface area contributed by atoms with E-state index in [0.29, 0.717) is 13.3 Å². The lowest BCUT2D eigenvalue weighted by atomic mass is 10.2. The Labute approximate surface area is 141 Å². The Balaban J connectivity index is 1.54. The quantitative estimate of drug-likeness (QED) is 0.263. The Morgan fingerprint density at radius 2 is 2.08 bits per heavy atom. The van der Waals surface area contributed by atoms with Crippen molar-refractivity contribution in [2.45, 2.75) is 0 Å². The number of nitrogens with zero attached hydrogens (tertiary/aromatic N) is 4. The third-order valence-corrected chi connectivity index (χ3v) is 3.70. The normalized spacial score (nSPS) is 16.2. The van der Waals surface area contributed by atoms with Gasteiger partial charge in [-0.2, -0.15) is 0 Å². The van der Waals surface area contributed by atoms with E-state index in [2.05, 4.69) is 32.3 Å². The van der Waals surface area contributed by atoms with Gasteiger partial charge >= 0.3 is 0 Å². The first-order chi connectivity index (χ1) is 11.8. The Morgan fingerprint density at radius 3 is 2.83 bits per heavy atom. The molecule has 0 saturated heterocycles. The molecule has 0 aliphatic carbocycles. The molecule has 0 spiro atoms. The number of fused-ring (bicyclic) bond motifs is 1. The van der Waals surface area contributed by atoms with Gasteiger partial charge in [-0.3, -0.25) is 0 Å². The highest BCUT2D eigenvalue weighted by Crippen LogP contribution is 2.28. The maximum Gasteiger partial charge on any atom is 0.212 e. The number of nitrogens with two attached hydrogens (primary N) is 1. The van der Waals surface area contributed by atoms with Crippen molar-refractivity contribution in [1.29, 1.82) is 5.53 Å². The molecule has 1 aromatic carbocycles. The molecule has 2 heterocycles. The van der Waals surface area contributed by atoms with Gasteiger partial charge in [0.2, 0.25) is 6.67 Å². The number of benzene rings is 1. The molecule has 2 aliphatic heterocycles. The second-order valence-electron chi connectivity index (χ2n) is 5.30. The summed E-state index contributed by atoms with van der Waals surface area (Å²) in [6, 6.07) is 7.74. The van der Waals surface area contributed by atoms with Gasteiger partial charge in [-0.05, 0) is 35.9 Å². The molecular weight excluding hydrogens is 304 g/mol. The van der Waals surface area contributed by atoms with Gasteiger partial charge in [-0.15, -0.1) is 5.11 Å². The summed E-state index contributed by atoms with van der Waals surface area (Å²) in [5.74, 6) is 1.94. The summed E-state index contributed by atoms with van der Waals surface area (Å²) in [5.41, 5.74) is 10.3. The van der Waals surface area contributed by atoms with Gasteiger partial charge in [0.25, 0.3) is 0 Å². The van der Waals surface area contributed by atoms with E-state index < -0.39 is 0 Å². The van der Waals surface area contributed by atoms with Crippen LogP contribution in [0.5, 0.6) is 5.75 Å². The van der Waals surface area contributed by atoms with Crippen molar-refractivity contribution in [3.63, 3.8) is 0 Å². The fraction of sp³-hybridized carbons (Fsp3) is 0.176. The second-order valence-corrected chi connectivity index (χ2v) is 5.30. The van der Waals surface area contributed by atoms with Gasteiger partial charge in [-0.25, -0.2) is 11.0 Å². The van der Waals surface area contributed by atoms with Crippen LogP contribution in [-0.4, -0.2) is 36.3 Å². The van der Waals surface area contributed by atoms with Crippen LogP contribution in [0.15, 0.2) is 70.4 Å². The van der Waals surface area contributed by atoms with Gasteiger partial charge in [0, 0.05) is 13.2 Å². The van der Waals surface area contributed by atoms with Crippen molar-refractivity contribution in [1.82, 2.24) is 9.80 Å². The molecule has 24 heavy (non-hydrogen) atoms. The van der Waals surface area contributed by atoms with Gasteiger partial charge in [0.1, 0.15) is 18.2 Å². The van der Waals surface area contributed by atoms with Gasteiger partial charge in [0.05, 0.1) is 18.5 Å². The van der Waals surface area contributed by atoms with E-state index in [0.717, 1.165) is 22.8 Å². The van der Waals surface area contributed by atoms with E-state index in [9.17, 15) is 0 Å². The smallest absolute Gasteiger partial charge is 0.212 e. The third-order valence-electron chi connectivity index (χ3n) is 3.70. The van der Waals surface area contributed by atoms with E-state index in [1.165, 1.54) is 0 Å². The molecule has 7 nitrogen and oxygen atoms in total. The Hall–Kier alpha value is -2.93. The number of ether oxygens (including phenoxy) is 1. The summed E-state index contributed by atoms with van der Waals surface area (Å²) in [5, 5.41) is 7.29. The molecule has 0 amide bonds. The zero-order valence-corrected chi connectivity index (χ0v) is 13.5. The molecule has 0 unspecified atom stereocenters. The van der Waals surface area contributed by atoms with Crippen LogP contribution < -0.4 is 10.2 Å². The molecular formula is C17H20N6O+. The first-order valence-corrected chi connectivity index (χ1v) is 7.63. The molecule has 123 valence electrons. The maximum atomic E-state index is 6.68. The number of likely N-dealkylation sites (N-methyl/N-ethyl adjacent to an activating group) is 1. The van der Waals surface area contributed by atoms with Crippen molar-refractivity contribution in [2.75, 3.05) is 20.3 Å². The number of hydrogen-bond donors (Lipinski definition) is 2. The van der Waals surface area contributed by atoms with Crippen molar-refractivity contribution in [3.8, 4) is 5.75 Å². The minimum absolute atomic E-state index is 0.306. The number of allylic oxidation sites excluding steroid dienone is 2. The summed E-state index contributed by atoms with van der Waals surface area (Å²) < 4.78 is 5.87. The number of quaternary nitrogens is 1. The molecule has 1 radical (unpaired) electrons. The van der Waals surface area contributed by atoms with Crippen molar-refractivity contribution in [3.05, 3.63) is 72.3 Å². The van der Waals surface area contributed by atoms with E-state index in [4.69, 9.17) is 10.3 Å². The number of nitrogens with one attached hydrogen (secondary N) is 1. The maximum absolute atomic E-state index is 6.68. The predicted octanol–water partition coefficient (Wildman–Crippen LogP) is 1.61. The van der Waals surface area contributed by atoms with E-state index >= 15 is 0 Å². The van der Waals surface area contributed by atoms with Crippen LogP contribution in [0.25, 0.3) is 0 Å². The molecule has 3 N–H and O–H groups in total. The number of rotatable bonds is 7. The summed E-state index contributed by atoms with van der Waals surface area (Å²) in [4.78, 5) is 4.20. The zero-order chi connectivity index (χ0) is 16.8. The second kappa shape index (κ2) is 7.56. The van der Waals surface area contributed by atoms with Gasteiger partial charge in [0.15, 0.2) is 0 Å². The SMILES string of the molecule is CN1C(COc2ccc(/C=N\[NH2+]CN=N)cc2)=CN2[CH]C=CC=C21. The molecule has 0 fully saturated rings. The monoisotopic (exact) mass is 324 g/mol. The fourth-order valence-electron chi connectivity index (χ4n) is 2.40. The molecule has 0 saturated carbocycles.